The Bertz CT molecular complexity index is 479. The number of rotatable bonds is 6. The first-order chi connectivity index (χ1) is 9.13. The Morgan fingerprint density at radius 1 is 1.21 bits per heavy atom. The van der Waals surface area contributed by atoms with Crippen molar-refractivity contribution in [2.24, 2.45) is 0 Å². The SMILES string of the molecule is CC(Cc1ccc(F)cc1)NC(C)Cn1cccn1. The fourth-order valence-corrected chi connectivity index (χ4v) is 2.26. The smallest absolute Gasteiger partial charge is 0.123 e. The van der Waals surface area contributed by atoms with Gasteiger partial charge >= 0.3 is 0 Å². The largest absolute Gasteiger partial charge is 0.310 e. The highest BCUT2D eigenvalue weighted by molar-refractivity contribution is 5.17. The molecule has 2 rings (SSSR count). The van der Waals surface area contributed by atoms with Crippen LogP contribution in [0.15, 0.2) is 42.7 Å². The molecule has 0 bridgehead atoms. The van der Waals surface area contributed by atoms with Crippen LogP contribution in [0, 0.1) is 5.82 Å². The number of hydrogen-bond donors (Lipinski definition) is 1. The molecular weight excluding hydrogens is 241 g/mol. The summed E-state index contributed by atoms with van der Waals surface area (Å²) in [6.07, 6.45) is 4.64. The van der Waals surface area contributed by atoms with Crippen LogP contribution in [0.3, 0.4) is 0 Å². The summed E-state index contributed by atoms with van der Waals surface area (Å²) in [7, 11) is 0. The lowest BCUT2D eigenvalue weighted by Crippen LogP contribution is -2.38. The summed E-state index contributed by atoms with van der Waals surface area (Å²) >= 11 is 0. The molecule has 0 saturated carbocycles. The predicted molar refractivity (Wildman–Crippen MR) is 74.4 cm³/mol. The molecule has 102 valence electrons. The summed E-state index contributed by atoms with van der Waals surface area (Å²) < 4.78 is 14.7. The number of nitrogens with one attached hydrogen (secondary N) is 1. The molecule has 3 nitrogen and oxygen atoms in total. The molecule has 4 heteroatoms. The van der Waals surface area contributed by atoms with Crippen molar-refractivity contribution in [2.45, 2.75) is 38.9 Å². The zero-order valence-electron chi connectivity index (χ0n) is 11.4. The van der Waals surface area contributed by atoms with E-state index >= 15 is 0 Å². The molecule has 0 aliphatic rings. The molecule has 0 saturated heterocycles. The van der Waals surface area contributed by atoms with Crippen molar-refractivity contribution in [3.63, 3.8) is 0 Å². The molecule has 0 amide bonds. The molecule has 0 aliphatic carbocycles. The summed E-state index contributed by atoms with van der Waals surface area (Å²) in [6, 6.07) is 9.31. The van der Waals surface area contributed by atoms with E-state index in [9.17, 15) is 4.39 Å². The average molecular weight is 261 g/mol. The third-order valence-electron chi connectivity index (χ3n) is 3.04. The van der Waals surface area contributed by atoms with Gasteiger partial charge in [-0.15, -0.1) is 0 Å². The van der Waals surface area contributed by atoms with E-state index in [2.05, 4.69) is 24.3 Å². The summed E-state index contributed by atoms with van der Waals surface area (Å²) in [5.74, 6) is -0.184. The van der Waals surface area contributed by atoms with Crippen LogP contribution in [0.4, 0.5) is 4.39 Å². The van der Waals surface area contributed by atoms with E-state index < -0.39 is 0 Å². The zero-order valence-corrected chi connectivity index (χ0v) is 11.4. The highest BCUT2D eigenvalue weighted by Gasteiger charge is 2.09. The van der Waals surface area contributed by atoms with Gasteiger partial charge in [0, 0.05) is 24.5 Å². The number of halogens is 1. The van der Waals surface area contributed by atoms with Crippen molar-refractivity contribution < 1.29 is 4.39 Å². The van der Waals surface area contributed by atoms with Crippen molar-refractivity contribution in [2.75, 3.05) is 0 Å². The van der Waals surface area contributed by atoms with Crippen molar-refractivity contribution >= 4 is 0 Å². The Balaban J connectivity index is 1.80. The van der Waals surface area contributed by atoms with E-state index in [-0.39, 0.29) is 5.82 Å². The van der Waals surface area contributed by atoms with E-state index in [4.69, 9.17) is 0 Å². The molecule has 19 heavy (non-hydrogen) atoms. The van der Waals surface area contributed by atoms with E-state index in [0.29, 0.717) is 12.1 Å². The van der Waals surface area contributed by atoms with Crippen LogP contribution >= 0.6 is 0 Å². The van der Waals surface area contributed by atoms with Crippen LogP contribution < -0.4 is 5.32 Å². The van der Waals surface area contributed by atoms with Crippen molar-refractivity contribution in [3.8, 4) is 0 Å². The second kappa shape index (κ2) is 6.48. The van der Waals surface area contributed by atoms with Gasteiger partial charge in [-0.3, -0.25) is 4.68 Å². The molecule has 0 fully saturated rings. The minimum Gasteiger partial charge on any atom is -0.310 e. The normalized spacial score (nSPS) is 14.3. The first-order valence-corrected chi connectivity index (χ1v) is 6.61. The monoisotopic (exact) mass is 261 g/mol. The van der Waals surface area contributed by atoms with Crippen LogP contribution in [0.5, 0.6) is 0 Å². The van der Waals surface area contributed by atoms with Crippen molar-refractivity contribution in [3.05, 3.63) is 54.1 Å². The van der Waals surface area contributed by atoms with Gasteiger partial charge in [0.25, 0.3) is 0 Å². The van der Waals surface area contributed by atoms with Crippen LogP contribution in [0.2, 0.25) is 0 Å². The van der Waals surface area contributed by atoms with Gasteiger partial charge in [0.1, 0.15) is 5.82 Å². The Morgan fingerprint density at radius 2 is 1.95 bits per heavy atom. The van der Waals surface area contributed by atoms with Gasteiger partial charge in [0.15, 0.2) is 0 Å². The fraction of sp³-hybridized carbons (Fsp3) is 0.400. The molecule has 0 aliphatic heterocycles. The average Bonchev–Trinajstić information content (AvgIpc) is 2.84. The highest BCUT2D eigenvalue weighted by atomic mass is 19.1. The lowest BCUT2D eigenvalue weighted by Gasteiger charge is -2.20. The molecule has 1 aromatic heterocycles. The number of aromatic nitrogens is 2. The summed E-state index contributed by atoms with van der Waals surface area (Å²) in [5.41, 5.74) is 1.15. The zero-order chi connectivity index (χ0) is 13.7. The molecular formula is C15H20FN3. The number of benzene rings is 1. The predicted octanol–water partition coefficient (Wildman–Crippen LogP) is 2.63. The van der Waals surface area contributed by atoms with E-state index in [0.717, 1.165) is 18.5 Å². The molecule has 2 unspecified atom stereocenters. The maximum absolute atomic E-state index is 12.8. The van der Waals surface area contributed by atoms with Crippen LogP contribution in [-0.2, 0) is 13.0 Å². The van der Waals surface area contributed by atoms with E-state index in [1.807, 2.05) is 29.1 Å². The fourth-order valence-electron chi connectivity index (χ4n) is 2.26. The van der Waals surface area contributed by atoms with E-state index in [1.165, 1.54) is 12.1 Å². The van der Waals surface area contributed by atoms with Crippen LogP contribution in [0.25, 0.3) is 0 Å². The maximum Gasteiger partial charge on any atom is 0.123 e. The maximum atomic E-state index is 12.8. The van der Waals surface area contributed by atoms with Gasteiger partial charge in [-0.25, -0.2) is 4.39 Å². The Hall–Kier alpha value is -1.68. The number of hydrogen-bond acceptors (Lipinski definition) is 2. The summed E-state index contributed by atoms with van der Waals surface area (Å²) in [4.78, 5) is 0. The summed E-state index contributed by atoms with van der Waals surface area (Å²) in [5, 5.41) is 7.72. The Kier molecular flexibility index (Phi) is 4.68. The molecule has 2 aromatic rings. The minimum atomic E-state index is -0.184. The first-order valence-electron chi connectivity index (χ1n) is 6.61. The summed E-state index contributed by atoms with van der Waals surface area (Å²) in [6.45, 7) is 5.13. The molecule has 2 atom stereocenters. The van der Waals surface area contributed by atoms with Crippen LogP contribution in [0.1, 0.15) is 19.4 Å². The standard InChI is InChI=1S/C15H20FN3/c1-12(10-14-4-6-15(16)7-5-14)18-13(2)11-19-9-3-8-17-19/h3-9,12-13,18H,10-11H2,1-2H3. The van der Waals surface area contributed by atoms with Crippen LogP contribution in [-0.4, -0.2) is 21.9 Å². The third-order valence-corrected chi connectivity index (χ3v) is 3.04. The van der Waals surface area contributed by atoms with Gasteiger partial charge in [0.05, 0.1) is 6.54 Å². The molecule has 0 radical (unpaired) electrons. The first kappa shape index (κ1) is 13.7. The van der Waals surface area contributed by atoms with E-state index in [1.54, 1.807) is 6.20 Å². The molecule has 1 aromatic carbocycles. The van der Waals surface area contributed by atoms with Crippen molar-refractivity contribution in [1.29, 1.82) is 0 Å². The van der Waals surface area contributed by atoms with Gasteiger partial charge in [-0.1, -0.05) is 12.1 Å². The second-order valence-electron chi connectivity index (χ2n) is 5.03. The molecule has 1 N–H and O–H groups in total. The number of nitrogens with zero attached hydrogens (tertiary/aromatic N) is 2. The quantitative estimate of drug-likeness (QED) is 0.866. The topological polar surface area (TPSA) is 29.9 Å². The second-order valence-corrected chi connectivity index (χ2v) is 5.03. The lowest BCUT2D eigenvalue weighted by molar-refractivity contribution is 0.405. The van der Waals surface area contributed by atoms with Gasteiger partial charge < -0.3 is 5.32 Å². The minimum absolute atomic E-state index is 0.184. The van der Waals surface area contributed by atoms with Crippen molar-refractivity contribution in [1.82, 2.24) is 15.1 Å². The molecule has 0 spiro atoms. The third kappa shape index (κ3) is 4.48. The lowest BCUT2D eigenvalue weighted by atomic mass is 10.1. The van der Waals surface area contributed by atoms with Gasteiger partial charge in [-0.2, -0.15) is 5.10 Å². The van der Waals surface area contributed by atoms with Gasteiger partial charge in [0.2, 0.25) is 0 Å². The highest BCUT2D eigenvalue weighted by Crippen LogP contribution is 2.06. The van der Waals surface area contributed by atoms with Gasteiger partial charge in [-0.05, 0) is 44.0 Å². The Morgan fingerprint density at radius 3 is 2.58 bits per heavy atom. The molecule has 1 heterocycles. The Labute approximate surface area is 113 Å².